The third kappa shape index (κ3) is 6.93. The number of nitro benzene ring substituents is 1. The quantitative estimate of drug-likeness (QED) is 0.273. The second-order valence-corrected chi connectivity index (χ2v) is 5.87. The number of benzene rings is 2. The number of anilines is 1. The highest BCUT2D eigenvalue weighted by Gasteiger charge is 2.10. The van der Waals surface area contributed by atoms with Crippen molar-refractivity contribution in [3.05, 3.63) is 64.2 Å². The van der Waals surface area contributed by atoms with Crippen LogP contribution in [-0.2, 0) is 14.3 Å². The van der Waals surface area contributed by atoms with Crippen molar-refractivity contribution in [1.29, 1.82) is 0 Å². The Morgan fingerprint density at radius 2 is 1.70 bits per heavy atom. The molecule has 30 heavy (non-hydrogen) atoms. The van der Waals surface area contributed by atoms with E-state index in [1.165, 1.54) is 30.3 Å². The largest absolute Gasteiger partial charge is 0.490 e. The van der Waals surface area contributed by atoms with Crippen molar-refractivity contribution in [1.82, 2.24) is 0 Å². The molecule has 0 saturated heterocycles. The lowest BCUT2D eigenvalue weighted by Gasteiger charge is -2.13. The van der Waals surface area contributed by atoms with E-state index in [-0.39, 0.29) is 5.69 Å². The molecule has 0 aliphatic carbocycles. The minimum atomic E-state index is -0.717. The summed E-state index contributed by atoms with van der Waals surface area (Å²) in [5, 5.41) is 13.2. The number of nitrogens with zero attached hydrogens (tertiary/aromatic N) is 1. The summed E-state index contributed by atoms with van der Waals surface area (Å²) in [6.45, 7) is 4.15. The number of esters is 1. The van der Waals surface area contributed by atoms with Crippen molar-refractivity contribution in [3.8, 4) is 11.5 Å². The van der Waals surface area contributed by atoms with Gasteiger partial charge in [0, 0.05) is 30.0 Å². The SMILES string of the molecule is CCOc1ccc(NC(=O)COC(=O)/C=C/c2ccc([N+](=O)[O-])cc2)cc1OCC. The maximum atomic E-state index is 12.0. The van der Waals surface area contributed by atoms with E-state index < -0.39 is 23.4 Å². The van der Waals surface area contributed by atoms with E-state index in [1.54, 1.807) is 18.2 Å². The molecule has 0 fully saturated rings. The number of ether oxygens (including phenoxy) is 3. The van der Waals surface area contributed by atoms with Gasteiger partial charge in [-0.3, -0.25) is 14.9 Å². The highest BCUT2D eigenvalue weighted by molar-refractivity contribution is 5.94. The van der Waals surface area contributed by atoms with Crippen molar-refractivity contribution in [2.75, 3.05) is 25.1 Å². The standard InChI is InChI=1S/C21H22N2O7/c1-3-28-18-11-8-16(13-19(18)29-4-2)22-20(24)14-30-21(25)12-7-15-5-9-17(10-6-15)23(26)27/h5-13H,3-4,14H2,1-2H3,(H,22,24)/b12-7+. The van der Waals surface area contributed by atoms with Gasteiger partial charge in [-0.1, -0.05) is 0 Å². The molecule has 1 N–H and O–H groups in total. The van der Waals surface area contributed by atoms with E-state index in [9.17, 15) is 19.7 Å². The van der Waals surface area contributed by atoms with Gasteiger partial charge in [0.25, 0.3) is 11.6 Å². The molecule has 0 heterocycles. The van der Waals surface area contributed by atoms with Gasteiger partial charge in [-0.2, -0.15) is 0 Å². The predicted octanol–water partition coefficient (Wildman–Crippen LogP) is 3.59. The highest BCUT2D eigenvalue weighted by Crippen LogP contribution is 2.30. The van der Waals surface area contributed by atoms with E-state index in [0.717, 1.165) is 6.08 Å². The van der Waals surface area contributed by atoms with Crippen LogP contribution in [0.4, 0.5) is 11.4 Å². The van der Waals surface area contributed by atoms with Crippen LogP contribution >= 0.6 is 0 Å². The lowest BCUT2D eigenvalue weighted by Crippen LogP contribution is -2.20. The van der Waals surface area contributed by atoms with E-state index in [1.807, 2.05) is 13.8 Å². The molecule has 0 saturated carbocycles. The van der Waals surface area contributed by atoms with E-state index in [4.69, 9.17) is 14.2 Å². The molecule has 0 unspecified atom stereocenters. The first-order valence-electron chi connectivity index (χ1n) is 9.21. The van der Waals surface area contributed by atoms with Crippen molar-refractivity contribution < 1.29 is 28.7 Å². The Hall–Kier alpha value is -3.88. The van der Waals surface area contributed by atoms with Gasteiger partial charge >= 0.3 is 5.97 Å². The lowest BCUT2D eigenvalue weighted by atomic mass is 10.2. The number of non-ortho nitro benzene ring substituents is 1. The van der Waals surface area contributed by atoms with E-state index in [2.05, 4.69) is 5.32 Å². The summed E-state index contributed by atoms with van der Waals surface area (Å²) in [6.07, 6.45) is 2.57. The molecule has 0 aromatic heterocycles. The predicted molar refractivity (Wildman–Crippen MR) is 110 cm³/mol. The summed E-state index contributed by atoms with van der Waals surface area (Å²) in [5.74, 6) is -0.163. The molecule has 158 valence electrons. The second-order valence-electron chi connectivity index (χ2n) is 5.87. The third-order valence-electron chi connectivity index (χ3n) is 3.69. The summed E-state index contributed by atoms with van der Waals surface area (Å²) in [6, 6.07) is 10.6. The monoisotopic (exact) mass is 414 g/mol. The van der Waals surface area contributed by atoms with Crippen LogP contribution in [-0.4, -0.2) is 36.6 Å². The zero-order valence-electron chi connectivity index (χ0n) is 16.6. The first-order chi connectivity index (χ1) is 14.4. The van der Waals surface area contributed by atoms with Crippen molar-refractivity contribution in [3.63, 3.8) is 0 Å². The van der Waals surface area contributed by atoms with Gasteiger partial charge in [-0.15, -0.1) is 0 Å². The molecule has 2 rings (SSSR count). The summed E-state index contributed by atoms with van der Waals surface area (Å²) in [4.78, 5) is 33.9. The first-order valence-corrected chi connectivity index (χ1v) is 9.21. The van der Waals surface area contributed by atoms with Gasteiger partial charge in [-0.05, 0) is 49.8 Å². The maximum Gasteiger partial charge on any atom is 0.331 e. The van der Waals surface area contributed by atoms with Crippen molar-refractivity contribution in [2.24, 2.45) is 0 Å². The Bertz CT molecular complexity index is 923. The normalized spacial score (nSPS) is 10.5. The smallest absolute Gasteiger partial charge is 0.331 e. The van der Waals surface area contributed by atoms with Crippen LogP contribution in [0.15, 0.2) is 48.5 Å². The molecule has 2 aromatic carbocycles. The van der Waals surface area contributed by atoms with Crippen LogP contribution in [0.1, 0.15) is 19.4 Å². The number of hydrogen-bond donors (Lipinski definition) is 1. The van der Waals surface area contributed by atoms with Crippen LogP contribution in [0.25, 0.3) is 6.08 Å². The molecule has 0 bridgehead atoms. The molecular weight excluding hydrogens is 392 g/mol. The Kier molecular flexibility index (Phi) is 8.37. The molecular formula is C21H22N2O7. The molecule has 0 aliphatic heterocycles. The summed E-state index contributed by atoms with van der Waals surface area (Å²) < 4.78 is 15.9. The van der Waals surface area contributed by atoms with Crippen LogP contribution in [0.3, 0.4) is 0 Å². The fraction of sp³-hybridized carbons (Fsp3) is 0.238. The average Bonchev–Trinajstić information content (AvgIpc) is 2.73. The maximum absolute atomic E-state index is 12.0. The van der Waals surface area contributed by atoms with Crippen LogP contribution < -0.4 is 14.8 Å². The summed E-state index contributed by atoms with van der Waals surface area (Å²) in [5.41, 5.74) is 1.01. The van der Waals surface area contributed by atoms with Gasteiger partial charge in [0.2, 0.25) is 0 Å². The first kappa shape index (κ1) is 22.4. The van der Waals surface area contributed by atoms with Crippen LogP contribution in [0.5, 0.6) is 11.5 Å². The number of rotatable bonds is 10. The topological polar surface area (TPSA) is 117 Å². The molecule has 0 spiro atoms. The molecule has 9 nitrogen and oxygen atoms in total. The molecule has 1 amide bonds. The van der Waals surface area contributed by atoms with Gasteiger partial charge < -0.3 is 19.5 Å². The minimum absolute atomic E-state index is 0.0480. The van der Waals surface area contributed by atoms with Crippen molar-refractivity contribution >= 4 is 29.3 Å². The highest BCUT2D eigenvalue weighted by atomic mass is 16.6. The van der Waals surface area contributed by atoms with Gasteiger partial charge in [0.05, 0.1) is 18.1 Å². The van der Waals surface area contributed by atoms with Gasteiger partial charge in [0.15, 0.2) is 18.1 Å². The zero-order valence-corrected chi connectivity index (χ0v) is 16.6. The van der Waals surface area contributed by atoms with E-state index >= 15 is 0 Å². The fourth-order valence-corrected chi connectivity index (χ4v) is 2.38. The van der Waals surface area contributed by atoms with Gasteiger partial charge in [0.1, 0.15) is 0 Å². The van der Waals surface area contributed by atoms with Crippen LogP contribution in [0, 0.1) is 10.1 Å². The second kappa shape index (κ2) is 11.2. The zero-order chi connectivity index (χ0) is 21.9. The Balaban J connectivity index is 1.87. The number of hydrogen-bond acceptors (Lipinski definition) is 7. The molecule has 9 heteroatoms. The number of carbonyl (C=O) groups is 2. The number of amides is 1. The minimum Gasteiger partial charge on any atom is -0.490 e. The Morgan fingerprint density at radius 3 is 2.33 bits per heavy atom. The van der Waals surface area contributed by atoms with E-state index in [0.29, 0.717) is 36.0 Å². The summed E-state index contributed by atoms with van der Waals surface area (Å²) >= 11 is 0. The van der Waals surface area contributed by atoms with Gasteiger partial charge in [-0.25, -0.2) is 4.79 Å². The average molecular weight is 414 g/mol. The lowest BCUT2D eigenvalue weighted by molar-refractivity contribution is -0.384. The third-order valence-corrected chi connectivity index (χ3v) is 3.69. The molecule has 2 aromatic rings. The number of carbonyl (C=O) groups excluding carboxylic acids is 2. The molecule has 0 radical (unpaired) electrons. The number of nitro groups is 1. The Labute approximate surface area is 173 Å². The summed E-state index contributed by atoms with van der Waals surface area (Å²) in [7, 11) is 0. The molecule has 0 atom stereocenters. The fourth-order valence-electron chi connectivity index (χ4n) is 2.38. The Morgan fingerprint density at radius 1 is 1.03 bits per heavy atom. The van der Waals surface area contributed by atoms with Crippen LogP contribution in [0.2, 0.25) is 0 Å². The van der Waals surface area contributed by atoms with Crippen molar-refractivity contribution in [2.45, 2.75) is 13.8 Å². The molecule has 0 aliphatic rings. The number of nitrogens with one attached hydrogen (secondary N) is 1.